The molecule has 2 aromatic carbocycles. The summed E-state index contributed by atoms with van der Waals surface area (Å²) in [6.45, 7) is 1.63. The normalized spacial score (nSPS) is 15.4. The molecule has 0 bridgehead atoms. The van der Waals surface area contributed by atoms with Crippen LogP contribution in [0.5, 0.6) is 5.75 Å². The monoisotopic (exact) mass is 434 g/mol. The molecule has 2 N–H and O–H groups in total. The molecule has 1 fully saturated rings. The molecule has 0 saturated heterocycles. The van der Waals surface area contributed by atoms with Crippen LogP contribution in [-0.2, 0) is 9.59 Å². The smallest absolute Gasteiger partial charge is 0.265 e. The van der Waals surface area contributed by atoms with Crippen molar-refractivity contribution < 1.29 is 14.3 Å². The highest BCUT2D eigenvalue weighted by molar-refractivity contribution is 6.35. The van der Waals surface area contributed by atoms with Crippen molar-refractivity contribution >= 4 is 46.4 Å². The third kappa shape index (κ3) is 6.12. The van der Waals surface area contributed by atoms with Crippen molar-refractivity contribution in [1.29, 1.82) is 0 Å². The van der Waals surface area contributed by atoms with Gasteiger partial charge in [-0.1, -0.05) is 48.5 Å². The van der Waals surface area contributed by atoms with E-state index in [1.165, 1.54) is 6.42 Å². The van der Waals surface area contributed by atoms with Crippen LogP contribution in [0.3, 0.4) is 0 Å². The number of halogens is 2. The Morgan fingerprint density at radius 1 is 1.00 bits per heavy atom. The van der Waals surface area contributed by atoms with E-state index in [0.29, 0.717) is 27.2 Å². The van der Waals surface area contributed by atoms with E-state index in [2.05, 4.69) is 10.6 Å². The van der Waals surface area contributed by atoms with Gasteiger partial charge >= 0.3 is 0 Å². The van der Waals surface area contributed by atoms with E-state index < -0.39 is 6.10 Å². The summed E-state index contributed by atoms with van der Waals surface area (Å²) in [5, 5.41) is 6.59. The van der Waals surface area contributed by atoms with E-state index in [4.69, 9.17) is 27.9 Å². The molecule has 0 aromatic heterocycles. The summed E-state index contributed by atoms with van der Waals surface area (Å²) in [5.41, 5.74) is 1.24. The molecule has 1 aliphatic carbocycles. The molecular formula is C22H24Cl2N2O3. The van der Waals surface area contributed by atoms with Gasteiger partial charge in [0, 0.05) is 22.3 Å². The van der Waals surface area contributed by atoms with Crippen LogP contribution >= 0.6 is 23.2 Å². The van der Waals surface area contributed by atoms with Crippen molar-refractivity contribution in [3.8, 4) is 5.75 Å². The van der Waals surface area contributed by atoms with E-state index >= 15 is 0 Å². The van der Waals surface area contributed by atoms with Crippen molar-refractivity contribution in [2.24, 2.45) is 5.92 Å². The molecule has 0 spiro atoms. The molecule has 3 rings (SSSR count). The summed E-state index contributed by atoms with van der Waals surface area (Å²) in [4.78, 5) is 24.9. The number of carbonyl (C=O) groups excluding carboxylic acids is 2. The van der Waals surface area contributed by atoms with Gasteiger partial charge in [-0.25, -0.2) is 0 Å². The van der Waals surface area contributed by atoms with Crippen LogP contribution in [0.2, 0.25) is 10.0 Å². The SMILES string of the molecule is CC(Oc1ccc(Cl)cc1Cl)C(=O)Nc1cccc(NC(=O)C2CCCCC2)c1. The van der Waals surface area contributed by atoms with E-state index in [9.17, 15) is 9.59 Å². The number of benzene rings is 2. The summed E-state index contributed by atoms with van der Waals surface area (Å²) < 4.78 is 5.64. The lowest BCUT2D eigenvalue weighted by Gasteiger charge is -2.21. The van der Waals surface area contributed by atoms with Crippen molar-refractivity contribution in [2.75, 3.05) is 10.6 Å². The van der Waals surface area contributed by atoms with Crippen LogP contribution in [0, 0.1) is 5.92 Å². The molecule has 0 radical (unpaired) electrons. The lowest BCUT2D eigenvalue weighted by atomic mass is 9.88. The molecule has 2 amide bonds. The second kappa shape index (κ2) is 9.99. The fourth-order valence-electron chi connectivity index (χ4n) is 3.34. The Morgan fingerprint density at radius 3 is 2.38 bits per heavy atom. The lowest BCUT2D eigenvalue weighted by molar-refractivity contribution is -0.122. The molecule has 1 saturated carbocycles. The van der Waals surface area contributed by atoms with Crippen molar-refractivity contribution in [3.05, 3.63) is 52.5 Å². The minimum atomic E-state index is -0.769. The Labute approximate surface area is 180 Å². The Hall–Kier alpha value is -2.24. The minimum Gasteiger partial charge on any atom is -0.479 e. The first-order valence-corrected chi connectivity index (χ1v) is 10.5. The number of anilines is 2. The summed E-state index contributed by atoms with van der Waals surface area (Å²) in [7, 11) is 0. The standard InChI is InChI=1S/C22H24Cl2N2O3/c1-14(29-20-11-10-16(23)12-19(20)24)21(27)25-17-8-5-9-18(13-17)26-22(28)15-6-3-2-4-7-15/h5,8-15H,2-4,6-7H2,1H3,(H,25,27)(H,26,28). The first-order valence-electron chi connectivity index (χ1n) is 9.76. The third-order valence-corrected chi connectivity index (χ3v) is 5.47. The minimum absolute atomic E-state index is 0.0438. The van der Waals surface area contributed by atoms with Gasteiger partial charge < -0.3 is 15.4 Å². The Morgan fingerprint density at radius 2 is 1.69 bits per heavy atom. The molecule has 1 atom stereocenters. The van der Waals surface area contributed by atoms with Gasteiger partial charge in [0.15, 0.2) is 6.10 Å². The molecule has 0 aliphatic heterocycles. The van der Waals surface area contributed by atoms with Gasteiger partial charge in [0.2, 0.25) is 5.91 Å². The summed E-state index contributed by atoms with van der Waals surface area (Å²) in [6.07, 6.45) is 4.50. The van der Waals surface area contributed by atoms with Gasteiger partial charge in [-0.2, -0.15) is 0 Å². The van der Waals surface area contributed by atoms with E-state index in [1.54, 1.807) is 43.3 Å². The number of carbonyl (C=O) groups is 2. The van der Waals surface area contributed by atoms with E-state index in [-0.39, 0.29) is 17.7 Å². The number of nitrogens with one attached hydrogen (secondary N) is 2. The van der Waals surface area contributed by atoms with Crippen molar-refractivity contribution in [1.82, 2.24) is 0 Å². The molecular weight excluding hydrogens is 411 g/mol. The zero-order valence-corrected chi connectivity index (χ0v) is 17.7. The maximum atomic E-state index is 12.5. The fourth-order valence-corrected chi connectivity index (χ4v) is 3.80. The van der Waals surface area contributed by atoms with Gasteiger partial charge in [0.25, 0.3) is 5.91 Å². The average Bonchev–Trinajstić information content (AvgIpc) is 2.71. The van der Waals surface area contributed by atoms with Crippen molar-refractivity contribution in [2.45, 2.75) is 45.1 Å². The molecule has 1 unspecified atom stereocenters. The number of hydrogen-bond acceptors (Lipinski definition) is 3. The maximum Gasteiger partial charge on any atom is 0.265 e. The van der Waals surface area contributed by atoms with Crippen LogP contribution in [-0.4, -0.2) is 17.9 Å². The van der Waals surface area contributed by atoms with Gasteiger partial charge in [0.1, 0.15) is 5.75 Å². The highest BCUT2D eigenvalue weighted by Gasteiger charge is 2.21. The lowest BCUT2D eigenvalue weighted by Crippen LogP contribution is -2.30. The molecule has 29 heavy (non-hydrogen) atoms. The second-order valence-electron chi connectivity index (χ2n) is 7.23. The largest absolute Gasteiger partial charge is 0.479 e. The Balaban J connectivity index is 1.58. The Bertz CT molecular complexity index is 882. The fraction of sp³-hybridized carbons (Fsp3) is 0.364. The van der Waals surface area contributed by atoms with Crippen LogP contribution < -0.4 is 15.4 Å². The third-order valence-electron chi connectivity index (χ3n) is 4.94. The molecule has 154 valence electrons. The Kier molecular flexibility index (Phi) is 7.40. The van der Waals surface area contributed by atoms with E-state index in [0.717, 1.165) is 25.7 Å². The molecule has 0 heterocycles. The number of hydrogen-bond donors (Lipinski definition) is 2. The van der Waals surface area contributed by atoms with Gasteiger partial charge in [-0.3, -0.25) is 9.59 Å². The number of ether oxygens (including phenoxy) is 1. The zero-order valence-electron chi connectivity index (χ0n) is 16.2. The topological polar surface area (TPSA) is 67.4 Å². The van der Waals surface area contributed by atoms with Gasteiger partial charge in [-0.15, -0.1) is 0 Å². The highest BCUT2D eigenvalue weighted by atomic mass is 35.5. The maximum absolute atomic E-state index is 12.5. The van der Waals surface area contributed by atoms with E-state index in [1.807, 2.05) is 6.07 Å². The quantitative estimate of drug-likeness (QED) is 0.592. The molecule has 7 heteroatoms. The van der Waals surface area contributed by atoms with Crippen LogP contribution in [0.15, 0.2) is 42.5 Å². The van der Waals surface area contributed by atoms with Gasteiger partial charge in [-0.05, 0) is 56.2 Å². The molecule has 5 nitrogen and oxygen atoms in total. The molecule has 2 aromatic rings. The first-order chi connectivity index (χ1) is 13.9. The van der Waals surface area contributed by atoms with Crippen LogP contribution in [0.25, 0.3) is 0 Å². The zero-order chi connectivity index (χ0) is 20.8. The number of amides is 2. The van der Waals surface area contributed by atoms with Crippen LogP contribution in [0.1, 0.15) is 39.0 Å². The van der Waals surface area contributed by atoms with Crippen LogP contribution in [0.4, 0.5) is 11.4 Å². The van der Waals surface area contributed by atoms with Crippen molar-refractivity contribution in [3.63, 3.8) is 0 Å². The summed E-state index contributed by atoms with van der Waals surface area (Å²) in [6, 6.07) is 11.9. The average molecular weight is 435 g/mol. The molecule has 1 aliphatic rings. The number of rotatable bonds is 6. The predicted octanol–water partition coefficient (Wildman–Crippen LogP) is 5.92. The first kappa shape index (κ1) is 21.5. The second-order valence-corrected chi connectivity index (χ2v) is 8.07. The predicted molar refractivity (Wildman–Crippen MR) is 117 cm³/mol. The van der Waals surface area contributed by atoms with Gasteiger partial charge in [0.05, 0.1) is 5.02 Å². The summed E-state index contributed by atoms with van der Waals surface area (Å²) in [5.74, 6) is 0.167. The summed E-state index contributed by atoms with van der Waals surface area (Å²) >= 11 is 12.0. The highest BCUT2D eigenvalue weighted by Crippen LogP contribution is 2.29.